The third kappa shape index (κ3) is 2.86. The summed E-state index contributed by atoms with van der Waals surface area (Å²) in [4.78, 5) is 15.2. The number of hydrogen-bond donors (Lipinski definition) is 1. The summed E-state index contributed by atoms with van der Waals surface area (Å²) in [5, 5.41) is 3.59. The average molecular weight is 342 g/mol. The first-order valence-corrected chi connectivity index (χ1v) is 8.96. The predicted molar refractivity (Wildman–Crippen MR) is 107 cm³/mol. The first kappa shape index (κ1) is 16.4. The number of benzene rings is 3. The van der Waals surface area contributed by atoms with Crippen LogP contribution in [0.3, 0.4) is 0 Å². The van der Waals surface area contributed by atoms with E-state index in [4.69, 9.17) is 0 Å². The molecule has 3 heteroatoms. The smallest absolute Gasteiger partial charge is 0.262 e. The van der Waals surface area contributed by atoms with Gasteiger partial charge >= 0.3 is 0 Å². The first-order valence-electron chi connectivity index (χ1n) is 8.96. The number of carbonyl (C=O) groups is 1. The van der Waals surface area contributed by atoms with Crippen molar-refractivity contribution in [2.45, 2.75) is 25.9 Å². The summed E-state index contributed by atoms with van der Waals surface area (Å²) in [5.74, 6) is 0.172. The number of carbonyl (C=O) groups excluding carboxylic acids is 1. The Kier molecular flexibility index (Phi) is 4.21. The molecule has 0 spiro atoms. The summed E-state index contributed by atoms with van der Waals surface area (Å²) in [7, 11) is 0. The Morgan fingerprint density at radius 3 is 2.27 bits per heavy atom. The Labute approximate surface area is 154 Å². The molecule has 0 bridgehead atoms. The number of fused-ring (bicyclic) bond motifs is 1. The molecule has 0 aliphatic carbocycles. The van der Waals surface area contributed by atoms with Crippen molar-refractivity contribution in [3.63, 3.8) is 0 Å². The third-order valence-electron chi connectivity index (χ3n) is 5.07. The normalized spacial score (nSPS) is 17.4. The largest absolute Gasteiger partial charge is 0.364 e. The number of para-hydroxylation sites is 1. The number of anilines is 2. The molecule has 0 saturated carbocycles. The van der Waals surface area contributed by atoms with Gasteiger partial charge in [0, 0.05) is 17.3 Å². The van der Waals surface area contributed by atoms with E-state index in [0.717, 1.165) is 11.4 Å². The summed E-state index contributed by atoms with van der Waals surface area (Å²) in [6.45, 7) is 4.22. The quantitative estimate of drug-likeness (QED) is 0.710. The maximum absolute atomic E-state index is 13.3. The van der Waals surface area contributed by atoms with Gasteiger partial charge in [-0.3, -0.25) is 9.69 Å². The fourth-order valence-electron chi connectivity index (χ4n) is 3.55. The Morgan fingerprint density at radius 1 is 0.885 bits per heavy atom. The number of rotatable bonds is 3. The van der Waals surface area contributed by atoms with Gasteiger partial charge in [0.05, 0.1) is 5.56 Å². The minimum absolute atomic E-state index is 0.0379. The summed E-state index contributed by atoms with van der Waals surface area (Å²) >= 11 is 0. The van der Waals surface area contributed by atoms with Gasteiger partial charge in [0.2, 0.25) is 0 Å². The highest BCUT2D eigenvalue weighted by molar-refractivity contribution is 6.12. The molecule has 0 radical (unpaired) electrons. The van der Waals surface area contributed by atoms with Crippen LogP contribution in [0.1, 0.15) is 34.3 Å². The van der Waals surface area contributed by atoms with E-state index in [1.807, 2.05) is 71.6 Å². The van der Waals surface area contributed by atoms with E-state index in [2.05, 4.69) is 31.3 Å². The van der Waals surface area contributed by atoms with Crippen molar-refractivity contribution in [3.8, 4) is 0 Å². The number of hydrogen-bond acceptors (Lipinski definition) is 2. The van der Waals surface area contributed by atoms with E-state index in [9.17, 15) is 4.79 Å². The fraction of sp³-hybridized carbons (Fsp3) is 0.174. The minimum Gasteiger partial charge on any atom is -0.364 e. The zero-order valence-electron chi connectivity index (χ0n) is 15.0. The summed E-state index contributed by atoms with van der Waals surface area (Å²) in [5.41, 5.74) is 4.90. The van der Waals surface area contributed by atoms with E-state index in [1.54, 1.807) is 0 Å². The lowest BCUT2D eigenvalue weighted by atomic mass is 9.93. The van der Waals surface area contributed by atoms with Crippen LogP contribution in [0.25, 0.3) is 0 Å². The van der Waals surface area contributed by atoms with Gasteiger partial charge in [0.25, 0.3) is 5.91 Å². The van der Waals surface area contributed by atoms with Crippen molar-refractivity contribution in [3.05, 3.63) is 95.6 Å². The van der Waals surface area contributed by atoms with Crippen LogP contribution in [0.15, 0.2) is 78.9 Å². The van der Waals surface area contributed by atoms with E-state index in [1.165, 1.54) is 11.1 Å². The van der Waals surface area contributed by atoms with E-state index < -0.39 is 0 Å². The highest BCUT2D eigenvalue weighted by Gasteiger charge is 2.36. The molecule has 130 valence electrons. The highest BCUT2D eigenvalue weighted by atomic mass is 16.2. The standard InChI is InChI=1S/C23H22N2O/c1-16-12-14-19(15-13-16)25-22(17(2)18-8-4-3-5-9-18)24-21-11-7-6-10-20(21)23(25)26/h3-15,17,22,24H,1-2H3/t17-,22+/m0/s1. The molecule has 0 unspecified atom stereocenters. The van der Waals surface area contributed by atoms with Crippen LogP contribution in [0, 0.1) is 6.92 Å². The maximum Gasteiger partial charge on any atom is 0.262 e. The topological polar surface area (TPSA) is 32.3 Å². The second-order valence-corrected chi connectivity index (χ2v) is 6.84. The predicted octanol–water partition coefficient (Wildman–Crippen LogP) is 5.20. The molecule has 3 aromatic carbocycles. The monoisotopic (exact) mass is 342 g/mol. The van der Waals surface area contributed by atoms with Crippen molar-refractivity contribution in [1.82, 2.24) is 0 Å². The Bertz CT molecular complexity index is 918. The van der Waals surface area contributed by atoms with Crippen LogP contribution in [-0.4, -0.2) is 12.1 Å². The molecule has 4 rings (SSSR count). The molecule has 1 heterocycles. The van der Waals surface area contributed by atoms with Gasteiger partial charge < -0.3 is 5.32 Å². The van der Waals surface area contributed by atoms with Crippen molar-refractivity contribution in [1.29, 1.82) is 0 Å². The molecule has 0 fully saturated rings. The van der Waals surface area contributed by atoms with Crippen molar-refractivity contribution >= 4 is 17.3 Å². The van der Waals surface area contributed by atoms with Crippen LogP contribution in [0.2, 0.25) is 0 Å². The molecule has 1 aliphatic rings. The van der Waals surface area contributed by atoms with E-state index in [-0.39, 0.29) is 18.0 Å². The zero-order valence-corrected chi connectivity index (χ0v) is 15.0. The molecule has 3 nitrogen and oxygen atoms in total. The first-order chi connectivity index (χ1) is 12.6. The summed E-state index contributed by atoms with van der Waals surface area (Å²) in [6, 6.07) is 26.2. The second-order valence-electron chi connectivity index (χ2n) is 6.84. The molecule has 1 aliphatic heterocycles. The van der Waals surface area contributed by atoms with Gasteiger partial charge in [-0.1, -0.05) is 67.1 Å². The molecule has 2 atom stereocenters. The molecule has 26 heavy (non-hydrogen) atoms. The number of nitrogens with zero attached hydrogens (tertiary/aromatic N) is 1. The maximum atomic E-state index is 13.3. The van der Waals surface area contributed by atoms with E-state index in [0.29, 0.717) is 5.56 Å². The summed E-state index contributed by atoms with van der Waals surface area (Å²) in [6.07, 6.45) is -0.150. The van der Waals surface area contributed by atoms with Gasteiger partial charge in [0.1, 0.15) is 6.17 Å². The lowest BCUT2D eigenvalue weighted by Gasteiger charge is -2.41. The van der Waals surface area contributed by atoms with Crippen molar-refractivity contribution < 1.29 is 4.79 Å². The molecule has 3 aromatic rings. The number of aryl methyl sites for hydroxylation is 1. The van der Waals surface area contributed by atoms with Gasteiger partial charge in [-0.2, -0.15) is 0 Å². The summed E-state index contributed by atoms with van der Waals surface area (Å²) < 4.78 is 0. The molecular weight excluding hydrogens is 320 g/mol. The number of nitrogens with one attached hydrogen (secondary N) is 1. The van der Waals surface area contributed by atoms with Crippen LogP contribution >= 0.6 is 0 Å². The second kappa shape index (κ2) is 6.68. The van der Waals surface area contributed by atoms with Gasteiger partial charge in [0.15, 0.2) is 0 Å². The van der Waals surface area contributed by atoms with Crippen LogP contribution in [-0.2, 0) is 0 Å². The molecule has 1 amide bonds. The van der Waals surface area contributed by atoms with Gasteiger partial charge in [-0.05, 0) is 36.8 Å². The fourth-order valence-corrected chi connectivity index (χ4v) is 3.55. The highest BCUT2D eigenvalue weighted by Crippen LogP contribution is 2.35. The minimum atomic E-state index is -0.150. The molecular formula is C23H22N2O. The Balaban J connectivity index is 1.81. The zero-order chi connectivity index (χ0) is 18.1. The van der Waals surface area contributed by atoms with Crippen molar-refractivity contribution in [2.75, 3.05) is 10.2 Å². The number of amides is 1. The van der Waals surface area contributed by atoms with Gasteiger partial charge in [-0.25, -0.2) is 0 Å². The lowest BCUT2D eigenvalue weighted by Crippen LogP contribution is -2.51. The van der Waals surface area contributed by atoms with Gasteiger partial charge in [-0.15, -0.1) is 0 Å². The lowest BCUT2D eigenvalue weighted by molar-refractivity contribution is 0.0972. The average Bonchev–Trinajstić information content (AvgIpc) is 2.69. The van der Waals surface area contributed by atoms with Crippen molar-refractivity contribution in [2.24, 2.45) is 0 Å². The van der Waals surface area contributed by atoms with Crippen LogP contribution in [0.4, 0.5) is 11.4 Å². The Hall–Kier alpha value is -3.07. The van der Waals surface area contributed by atoms with E-state index >= 15 is 0 Å². The Morgan fingerprint density at radius 2 is 1.54 bits per heavy atom. The molecule has 0 aromatic heterocycles. The molecule has 0 saturated heterocycles. The SMILES string of the molecule is Cc1ccc(N2C(=O)c3ccccc3N[C@H]2[C@@H](C)c2ccccc2)cc1. The third-order valence-corrected chi connectivity index (χ3v) is 5.07. The van der Waals surface area contributed by atoms with Crippen LogP contribution in [0.5, 0.6) is 0 Å². The van der Waals surface area contributed by atoms with Crippen LogP contribution < -0.4 is 10.2 Å². The molecule has 1 N–H and O–H groups in total.